The molecule has 238 valence electrons. The lowest BCUT2D eigenvalue weighted by Crippen LogP contribution is -2.48. The third-order valence-corrected chi connectivity index (χ3v) is 8.82. The van der Waals surface area contributed by atoms with E-state index >= 15 is 0 Å². The van der Waals surface area contributed by atoms with E-state index in [1.54, 1.807) is 27.1 Å². The highest BCUT2D eigenvalue weighted by Gasteiger charge is 2.28. The van der Waals surface area contributed by atoms with Crippen LogP contribution in [-0.4, -0.2) is 115 Å². The number of nitrogens with one attached hydrogen (secondary N) is 2. The predicted molar refractivity (Wildman–Crippen MR) is 170 cm³/mol. The maximum Gasteiger partial charge on any atom is 0.324 e. The van der Waals surface area contributed by atoms with E-state index in [-0.39, 0.29) is 12.5 Å². The van der Waals surface area contributed by atoms with Gasteiger partial charge in [0.15, 0.2) is 5.13 Å². The lowest BCUT2D eigenvalue weighted by Gasteiger charge is -2.35. The number of carbonyl (C=O) groups is 2. The van der Waals surface area contributed by atoms with Crippen LogP contribution in [0.1, 0.15) is 21.1 Å². The third-order valence-electron chi connectivity index (χ3n) is 6.86. The Morgan fingerprint density at radius 2 is 1.91 bits per heavy atom. The first-order valence-corrected chi connectivity index (χ1v) is 16.5. The average Bonchev–Trinajstić information content (AvgIpc) is 3.41. The van der Waals surface area contributed by atoms with E-state index in [2.05, 4.69) is 35.4 Å². The van der Waals surface area contributed by atoms with Gasteiger partial charge in [0, 0.05) is 38.8 Å². The van der Waals surface area contributed by atoms with Crippen molar-refractivity contribution in [3.8, 4) is 0 Å². The number of nitrogens with zero attached hydrogens (tertiary/aromatic N) is 6. The summed E-state index contributed by atoms with van der Waals surface area (Å²) in [7, 11) is -1.24. The number of para-hydroxylation sites is 1. The van der Waals surface area contributed by atoms with E-state index in [1.165, 1.54) is 22.4 Å². The highest BCUT2D eigenvalue weighted by molar-refractivity contribution is 7.85. The molecule has 0 unspecified atom stereocenters. The SMILES string of the molecule is Cc1nc(Nc2ncc(C(=O)Nc3c(C)cccc3Cl)s2)cc(N2CCN(CCOC(=O)[C@@H](CS(=O)(=O)O)N(C)C)CC2)n1. The van der Waals surface area contributed by atoms with Crippen molar-refractivity contribution in [3.63, 3.8) is 0 Å². The summed E-state index contributed by atoms with van der Waals surface area (Å²) in [4.78, 5) is 44.6. The van der Waals surface area contributed by atoms with E-state index in [0.29, 0.717) is 65.1 Å². The van der Waals surface area contributed by atoms with Crippen molar-refractivity contribution < 1.29 is 27.3 Å². The molecule has 0 saturated carbocycles. The van der Waals surface area contributed by atoms with Crippen LogP contribution in [-0.2, 0) is 19.6 Å². The first kappa shape index (κ1) is 33.5. The van der Waals surface area contributed by atoms with Crippen LogP contribution >= 0.6 is 22.9 Å². The summed E-state index contributed by atoms with van der Waals surface area (Å²) in [6.07, 6.45) is 1.50. The fourth-order valence-electron chi connectivity index (χ4n) is 4.49. The Balaban J connectivity index is 1.29. The first-order chi connectivity index (χ1) is 20.8. The molecule has 0 aliphatic carbocycles. The molecular weight excluding hydrogens is 632 g/mol. The van der Waals surface area contributed by atoms with Crippen LogP contribution in [0.4, 0.5) is 22.5 Å². The first-order valence-electron chi connectivity index (χ1n) is 13.7. The van der Waals surface area contributed by atoms with Gasteiger partial charge in [-0.25, -0.2) is 15.0 Å². The van der Waals surface area contributed by atoms with Gasteiger partial charge in [-0.15, -0.1) is 0 Å². The van der Waals surface area contributed by atoms with Gasteiger partial charge in [-0.2, -0.15) is 8.42 Å². The molecular formula is C27H35ClN8O6S2. The van der Waals surface area contributed by atoms with Gasteiger partial charge in [-0.1, -0.05) is 35.1 Å². The molecule has 3 N–H and O–H groups in total. The number of thiazole rings is 1. The summed E-state index contributed by atoms with van der Waals surface area (Å²) in [6, 6.07) is 6.15. The molecule has 1 atom stereocenters. The number of piperazine rings is 1. The van der Waals surface area contributed by atoms with Crippen molar-refractivity contribution in [2.45, 2.75) is 19.9 Å². The van der Waals surface area contributed by atoms with Crippen molar-refractivity contribution in [2.24, 2.45) is 0 Å². The van der Waals surface area contributed by atoms with Crippen molar-refractivity contribution in [1.82, 2.24) is 24.8 Å². The number of likely N-dealkylation sites (N-methyl/N-ethyl adjacent to an activating group) is 1. The summed E-state index contributed by atoms with van der Waals surface area (Å²) in [5.41, 5.74) is 1.42. The van der Waals surface area contributed by atoms with Gasteiger partial charge in [0.1, 0.15) is 40.7 Å². The Labute approximate surface area is 265 Å². The minimum atomic E-state index is -4.33. The van der Waals surface area contributed by atoms with Gasteiger partial charge >= 0.3 is 5.97 Å². The number of ether oxygens (including phenoxy) is 1. The lowest BCUT2D eigenvalue weighted by molar-refractivity contribution is -0.148. The normalized spacial score (nSPS) is 14.8. The summed E-state index contributed by atoms with van der Waals surface area (Å²) in [5.74, 6) is 0.123. The molecule has 3 aromatic rings. The number of anilines is 4. The molecule has 1 aromatic carbocycles. The van der Waals surface area contributed by atoms with Gasteiger partial charge in [-0.05, 0) is 39.6 Å². The monoisotopic (exact) mass is 666 g/mol. The highest BCUT2D eigenvalue weighted by atomic mass is 35.5. The second-order valence-corrected chi connectivity index (χ2v) is 13.4. The highest BCUT2D eigenvalue weighted by Crippen LogP contribution is 2.28. The average molecular weight is 667 g/mol. The van der Waals surface area contributed by atoms with Gasteiger partial charge in [-0.3, -0.25) is 23.9 Å². The summed E-state index contributed by atoms with van der Waals surface area (Å²) < 4.78 is 36.9. The van der Waals surface area contributed by atoms with Crippen molar-refractivity contribution >= 4 is 67.4 Å². The molecule has 1 aliphatic heterocycles. The van der Waals surface area contributed by atoms with Crippen LogP contribution in [0.3, 0.4) is 0 Å². The molecule has 14 nitrogen and oxygen atoms in total. The molecule has 44 heavy (non-hydrogen) atoms. The Morgan fingerprint density at radius 1 is 1.18 bits per heavy atom. The van der Waals surface area contributed by atoms with Crippen molar-refractivity contribution in [3.05, 3.63) is 51.7 Å². The Hall–Kier alpha value is -3.41. The zero-order valence-electron chi connectivity index (χ0n) is 24.8. The third kappa shape index (κ3) is 9.30. The zero-order chi connectivity index (χ0) is 32.0. The van der Waals surface area contributed by atoms with E-state index in [4.69, 9.17) is 20.9 Å². The maximum absolute atomic E-state index is 12.8. The predicted octanol–water partition coefficient (Wildman–Crippen LogP) is 2.68. The molecule has 3 heterocycles. The quantitative estimate of drug-likeness (QED) is 0.191. The van der Waals surface area contributed by atoms with E-state index in [1.807, 2.05) is 25.1 Å². The standard InChI is InChI=1S/C27H35ClN8O6S2/c1-17-6-5-7-19(28)24(17)33-25(37)21-15-29-27(43-21)32-22-14-23(31-18(2)30-22)36-10-8-35(9-11-36)12-13-42-26(38)20(34(3)4)16-44(39,40)41/h5-7,14-15,20H,8-13,16H2,1-4H3,(H,33,37)(H,39,40,41)(H,29,30,31,32)/t20-/m1/s1. The van der Waals surface area contributed by atoms with Gasteiger partial charge in [0.2, 0.25) is 0 Å². The second-order valence-electron chi connectivity index (χ2n) is 10.4. The van der Waals surface area contributed by atoms with Gasteiger partial charge in [0.25, 0.3) is 16.0 Å². The summed E-state index contributed by atoms with van der Waals surface area (Å²) in [6.45, 7) is 7.00. The van der Waals surface area contributed by atoms with Crippen LogP contribution in [0.15, 0.2) is 30.5 Å². The van der Waals surface area contributed by atoms with Gasteiger partial charge < -0.3 is 20.3 Å². The van der Waals surface area contributed by atoms with Crippen LogP contribution < -0.4 is 15.5 Å². The summed E-state index contributed by atoms with van der Waals surface area (Å²) >= 11 is 7.43. The smallest absolute Gasteiger partial charge is 0.324 e. The number of amides is 1. The van der Waals surface area contributed by atoms with Crippen molar-refractivity contribution in [2.75, 3.05) is 74.7 Å². The number of halogens is 1. The van der Waals surface area contributed by atoms with E-state index in [9.17, 15) is 18.0 Å². The number of hydrogen-bond donors (Lipinski definition) is 3. The van der Waals surface area contributed by atoms with E-state index < -0.39 is 27.9 Å². The second kappa shape index (κ2) is 14.6. The number of hydrogen-bond acceptors (Lipinski definition) is 13. The number of aromatic nitrogens is 3. The minimum absolute atomic E-state index is 0.0984. The largest absolute Gasteiger partial charge is 0.463 e. The molecule has 0 spiro atoms. The Morgan fingerprint density at radius 3 is 2.57 bits per heavy atom. The molecule has 1 aliphatic rings. The molecule has 17 heteroatoms. The van der Waals surface area contributed by atoms with Crippen LogP contribution in [0.5, 0.6) is 0 Å². The Bertz CT molecular complexity index is 1570. The van der Waals surface area contributed by atoms with Crippen molar-refractivity contribution in [1.29, 1.82) is 0 Å². The number of esters is 1. The fourth-order valence-corrected chi connectivity index (χ4v) is 6.31. The van der Waals surface area contributed by atoms with Crippen LogP contribution in [0, 0.1) is 13.8 Å². The minimum Gasteiger partial charge on any atom is -0.463 e. The lowest BCUT2D eigenvalue weighted by atomic mass is 10.2. The molecule has 1 fully saturated rings. The fraction of sp³-hybridized carbons (Fsp3) is 0.444. The van der Waals surface area contributed by atoms with E-state index in [0.717, 1.165) is 11.4 Å². The molecule has 1 saturated heterocycles. The Kier molecular flexibility index (Phi) is 11.1. The molecule has 0 bridgehead atoms. The molecule has 2 aromatic heterocycles. The number of aryl methyl sites for hydroxylation is 2. The molecule has 0 radical (unpaired) electrons. The van der Waals surface area contributed by atoms with Gasteiger partial charge in [0.05, 0.1) is 16.9 Å². The molecule has 4 rings (SSSR count). The number of benzene rings is 1. The number of rotatable bonds is 12. The summed E-state index contributed by atoms with van der Waals surface area (Å²) in [5, 5.41) is 6.98. The zero-order valence-corrected chi connectivity index (χ0v) is 27.2. The maximum atomic E-state index is 12.8. The van der Waals surface area contributed by atoms with Crippen LogP contribution in [0.25, 0.3) is 0 Å². The molecule has 1 amide bonds. The van der Waals surface area contributed by atoms with Crippen LogP contribution in [0.2, 0.25) is 5.02 Å². The topological polar surface area (TPSA) is 170 Å². The number of carbonyl (C=O) groups excluding carboxylic acids is 2.